The van der Waals surface area contributed by atoms with Crippen molar-refractivity contribution in [1.82, 2.24) is 19.8 Å². The highest BCUT2D eigenvalue weighted by atomic mass is 79.9. The molecule has 0 spiro atoms. The Kier molecular flexibility index (Phi) is 7.86. The lowest BCUT2D eigenvalue weighted by atomic mass is 9.96. The first-order valence-corrected chi connectivity index (χ1v) is 14.2. The number of halogens is 1. The summed E-state index contributed by atoms with van der Waals surface area (Å²) in [5.41, 5.74) is 8.43. The monoisotopic (exact) mass is 601 g/mol. The summed E-state index contributed by atoms with van der Waals surface area (Å²) in [6.07, 6.45) is 2.12. The highest BCUT2D eigenvalue weighted by Gasteiger charge is 2.41. The zero-order valence-electron chi connectivity index (χ0n) is 22.5. The summed E-state index contributed by atoms with van der Waals surface area (Å²) in [5, 5.41) is 7.23. The predicted octanol–water partition coefficient (Wildman–Crippen LogP) is 6.87. The van der Waals surface area contributed by atoms with Gasteiger partial charge in [-0.2, -0.15) is 0 Å². The number of pyridine rings is 1. The molecular weight excluding hydrogens is 570 g/mol. The van der Waals surface area contributed by atoms with Crippen molar-refractivity contribution in [1.29, 1.82) is 0 Å². The van der Waals surface area contributed by atoms with Gasteiger partial charge in [0.2, 0.25) is 5.91 Å². The number of nitrogens with one attached hydrogen (secondary N) is 2. The van der Waals surface area contributed by atoms with Crippen LogP contribution in [0.1, 0.15) is 52.3 Å². The van der Waals surface area contributed by atoms with Gasteiger partial charge in [0.05, 0.1) is 17.8 Å². The molecule has 2 aromatic carbocycles. The largest absolute Gasteiger partial charge is 0.352 e. The minimum atomic E-state index is -0.141. The number of aryl methyl sites for hydroxylation is 3. The second-order valence-corrected chi connectivity index (χ2v) is 11.4. The van der Waals surface area contributed by atoms with E-state index in [1.54, 1.807) is 0 Å². The van der Waals surface area contributed by atoms with Crippen molar-refractivity contribution in [3.8, 4) is 5.69 Å². The maximum Gasteiger partial charge on any atom is 0.226 e. The highest BCUT2D eigenvalue weighted by molar-refractivity contribution is 9.10. The van der Waals surface area contributed by atoms with Crippen LogP contribution < -0.4 is 10.6 Å². The first kappa shape index (κ1) is 27.1. The first-order chi connectivity index (χ1) is 18.7. The van der Waals surface area contributed by atoms with Crippen molar-refractivity contribution < 1.29 is 4.79 Å². The van der Waals surface area contributed by atoms with Crippen molar-refractivity contribution in [2.24, 2.45) is 0 Å². The number of carbonyl (C=O) groups is 1. The smallest absolute Gasteiger partial charge is 0.226 e. The Balaban J connectivity index is 1.47. The number of carbonyl (C=O) groups excluding carboxylic acids is 1. The van der Waals surface area contributed by atoms with Gasteiger partial charge in [0.1, 0.15) is 0 Å². The lowest BCUT2D eigenvalue weighted by molar-refractivity contribution is -0.116. The summed E-state index contributed by atoms with van der Waals surface area (Å²) in [6, 6.07) is 22.3. The molecule has 1 saturated heterocycles. The Morgan fingerprint density at radius 2 is 1.87 bits per heavy atom. The Morgan fingerprint density at radius 3 is 2.62 bits per heavy atom. The van der Waals surface area contributed by atoms with Gasteiger partial charge in [-0.1, -0.05) is 40.2 Å². The van der Waals surface area contributed by atoms with Crippen LogP contribution in [0.4, 0.5) is 5.69 Å². The van der Waals surface area contributed by atoms with E-state index in [2.05, 4.69) is 73.1 Å². The molecule has 2 atom stereocenters. The third-order valence-electron chi connectivity index (χ3n) is 7.30. The van der Waals surface area contributed by atoms with Crippen LogP contribution in [0.25, 0.3) is 5.69 Å². The van der Waals surface area contributed by atoms with Crippen LogP contribution >= 0.6 is 28.1 Å². The maximum absolute atomic E-state index is 13.1. The molecule has 4 aromatic rings. The minimum Gasteiger partial charge on any atom is -0.352 e. The zero-order chi connectivity index (χ0) is 27.7. The molecule has 3 heterocycles. The van der Waals surface area contributed by atoms with Gasteiger partial charge in [0.15, 0.2) is 5.11 Å². The molecule has 1 aliphatic heterocycles. The van der Waals surface area contributed by atoms with Crippen LogP contribution in [0.2, 0.25) is 0 Å². The molecule has 200 valence electrons. The number of hydrogen-bond acceptors (Lipinski definition) is 3. The van der Waals surface area contributed by atoms with Crippen LogP contribution in [-0.4, -0.2) is 32.0 Å². The second-order valence-electron chi connectivity index (χ2n) is 10.1. The fourth-order valence-corrected chi connectivity index (χ4v) is 6.11. The molecule has 2 N–H and O–H groups in total. The molecule has 1 fully saturated rings. The minimum absolute atomic E-state index is 0.0360. The number of hydrogen-bond donors (Lipinski definition) is 2. The van der Waals surface area contributed by atoms with Gasteiger partial charge < -0.3 is 20.1 Å². The van der Waals surface area contributed by atoms with Gasteiger partial charge in [-0.05, 0) is 99.1 Å². The third kappa shape index (κ3) is 5.63. The number of amides is 1. The summed E-state index contributed by atoms with van der Waals surface area (Å²) in [4.78, 5) is 19.9. The average Bonchev–Trinajstić information content (AvgIpc) is 3.39. The molecule has 0 bridgehead atoms. The highest BCUT2D eigenvalue weighted by Crippen LogP contribution is 2.41. The second kappa shape index (κ2) is 11.3. The Bertz CT molecular complexity index is 1530. The molecule has 0 radical (unpaired) electrons. The maximum atomic E-state index is 13.1. The van der Waals surface area contributed by atoms with Gasteiger partial charge in [-0.25, -0.2) is 0 Å². The number of aromatic nitrogens is 2. The van der Waals surface area contributed by atoms with E-state index in [0.29, 0.717) is 18.1 Å². The molecule has 0 aliphatic carbocycles. The summed E-state index contributed by atoms with van der Waals surface area (Å²) in [6.45, 7) is 8.78. The molecule has 2 unspecified atom stereocenters. The van der Waals surface area contributed by atoms with Crippen molar-refractivity contribution in [3.63, 3.8) is 0 Å². The number of benzene rings is 2. The quantitative estimate of drug-likeness (QED) is 0.226. The third-order valence-corrected chi connectivity index (χ3v) is 8.15. The van der Waals surface area contributed by atoms with Crippen LogP contribution in [-0.2, 0) is 4.79 Å². The van der Waals surface area contributed by atoms with E-state index in [9.17, 15) is 4.79 Å². The van der Waals surface area contributed by atoms with Crippen LogP contribution in [0.5, 0.6) is 0 Å². The summed E-state index contributed by atoms with van der Waals surface area (Å²) in [7, 11) is 0. The molecule has 39 heavy (non-hydrogen) atoms. The van der Waals surface area contributed by atoms with Gasteiger partial charge in [0, 0.05) is 46.4 Å². The molecule has 0 saturated carbocycles. The van der Waals surface area contributed by atoms with Gasteiger partial charge in [-0.3, -0.25) is 9.78 Å². The predicted molar refractivity (Wildman–Crippen MR) is 164 cm³/mol. The van der Waals surface area contributed by atoms with E-state index < -0.39 is 0 Å². The standard InChI is InChI=1S/C31H32BrN5OS/c1-19-11-12-20(2)27(16-19)34-28(38)13-15-36-30(29(35-31(36)39)26-10-5-6-14-33-26)25-17-21(3)37(22(25)4)24-9-7-8-23(32)18-24/h5-12,14,16-18,29-30H,13,15H2,1-4H3,(H,34,38)(H,35,39). The lowest BCUT2D eigenvalue weighted by Crippen LogP contribution is -2.33. The summed E-state index contributed by atoms with van der Waals surface area (Å²) >= 11 is 9.46. The number of rotatable bonds is 7. The Labute approximate surface area is 243 Å². The molecule has 1 aliphatic rings. The van der Waals surface area contributed by atoms with Gasteiger partial charge >= 0.3 is 0 Å². The molecule has 1 amide bonds. The van der Waals surface area contributed by atoms with E-state index in [4.69, 9.17) is 12.2 Å². The molecule has 8 heteroatoms. The Hall–Kier alpha value is -3.49. The van der Waals surface area contributed by atoms with Gasteiger partial charge in [0.25, 0.3) is 0 Å². The van der Waals surface area contributed by atoms with E-state index in [-0.39, 0.29) is 18.0 Å². The summed E-state index contributed by atoms with van der Waals surface area (Å²) < 4.78 is 3.29. The topological polar surface area (TPSA) is 62.2 Å². The van der Waals surface area contributed by atoms with Crippen molar-refractivity contribution in [3.05, 3.63) is 111 Å². The van der Waals surface area contributed by atoms with Gasteiger partial charge in [-0.15, -0.1) is 0 Å². The molecule has 5 rings (SSSR count). The zero-order valence-corrected chi connectivity index (χ0v) is 24.9. The van der Waals surface area contributed by atoms with E-state index in [1.165, 1.54) is 0 Å². The number of thiocarbonyl (C=S) groups is 1. The van der Waals surface area contributed by atoms with Crippen LogP contribution in [0, 0.1) is 27.7 Å². The Morgan fingerprint density at radius 1 is 1.05 bits per heavy atom. The summed E-state index contributed by atoms with van der Waals surface area (Å²) in [5.74, 6) is -0.0360. The van der Waals surface area contributed by atoms with E-state index in [0.717, 1.165) is 49.6 Å². The lowest BCUT2D eigenvalue weighted by Gasteiger charge is -2.28. The average molecular weight is 603 g/mol. The van der Waals surface area contributed by atoms with Crippen molar-refractivity contribution >= 4 is 44.9 Å². The van der Waals surface area contributed by atoms with Crippen molar-refractivity contribution in [2.45, 2.75) is 46.2 Å². The molecular formula is C31H32BrN5OS. The molecule has 2 aromatic heterocycles. The van der Waals surface area contributed by atoms with Crippen molar-refractivity contribution in [2.75, 3.05) is 11.9 Å². The van der Waals surface area contributed by atoms with E-state index >= 15 is 0 Å². The number of anilines is 1. The molecule has 6 nitrogen and oxygen atoms in total. The van der Waals surface area contributed by atoms with E-state index in [1.807, 2.05) is 68.6 Å². The van der Waals surface area contributed by atoms with Crippen LogP contribution in [0.15, 0.2) is 77.4 Å². The van der Waals surface area contributed by atoms with Crippen LogP contribution in [0.3, 0.4) is 0 Å². The first-order valence-electron chi connectivity index (χ1n) is 13.0. The number of nitrogens with zero attached hydrogens (tertiary/aromatic N) is 3. The fraction of sp³-hybridized carbons (Fsp3) is 0.258. The fourth-order valence-electron chi connectivity index (χ4n) is 5.39. The SMILES string of the molecule is Cc1ccc(C)c(NC(=O)CCN2C(=S)NC(c3ccccn3)C2c2cc(C)n(-c3cccc(Br)c3)c2C)c1. The normalized spacial score (nSPS) is 16.8.